The van der Waals surface area contributed by atoms with Crippen molar-refractivity contribution in [1.82, 2.24) is 5.32 Å². The van der Waals surface area contributed by atoms with Gasteiger partial charge in [-0.3, -0.25) is 4.79 Å². The quantitative estimate of drug-likeness (QED) is 0.897. The molecule has 0 saturated carbocycles. The van der Waals surface area contributed by atoms with Gasteiger partial charge in [0.15, 0.2) is 0 Å². The van der Waals surface area contributed by atoms with Crippen molar-refractivity contribution in [1.29, 1.82) is 0 Å². The Labute approximate surface area is 139 Å². The lowest BCUT2D eigenvalue weighted by Crippen LogP contribution is -2.40. The zero-order valence-corrected chi connectivity index (χ0v) is 14.4. The first-order valence-electron chi connectivity index (χ1n) is 7.73. The van der Waals surface area contributed by atoms with Gasteiger partial charge >= 0.3 is 0 Å². The van der Waals surface area contributed by atoms with E-state index in [2.05, 4.69) is 24.4 Å². The maximum atomic E-state index is 12.5. The van der Waals surface area contributed by atoms with Crippen molar-refractivity contribution >= 4 is 38.9 Å². The molecule has 1 aromatic heterocycles. The van der Waals surface area contributed by atoms with Gasteiger partial charge in [-0.05, 0) is 37.8 Å². The van der Waals surface area contributed by atoms with Crippen LogP contribution in [-0.4, -0.2) is 24.7 Å². The fourth-order valence-electron chi connectivity index (χ4n) is 2.84. The van der Waals surface area contributed by atoms with Crippen molar-refractivity contribution in [3.05, 3.63) is 33.7 Å². The summed E-state index contributed by atoms with van der Waals surface area (Å²) in [4.78, 5) is 13.1. The third kappa shape index (κ3) is 3.00. The molecule has 0 unspecified atom stereocenters. The molecule has 5 heteroatoms. The second kappa shape index (κ2) is 6.57. The Morgan fingerprint density at radius 1 is 1.55 bits per heavy atom. The number of hydrogen-bond acceptors (Lipinski definition) is 3. The van der Waals surface area contributed by atoms with E-state index in [1.807, 2.05) is 13.0 Å². The summed E-state index contributed by atoms with van der Waals surface area (Å²) in [5.74, 6) is -0.104. The van der Waals surface area contributed by atoms with Crippen molar-refractivity contribution in [3.63, 3.8) is 0 Å². The Hall–Kier alpha value is -1.10. The monoisotopic (exact) mass is 337 g/mol. The number of amides is 1. The summed E-state index contributed by atoms with van der Waals surface area (Å²) in [6.07, 6.45) is 3.16. The average molecular weight is 338 g/mol. The van der Waals surface area contributed by atoms with Crippen molar-refractivity contribution in [2.45, 2.75) is 45.3 Å². The number of nitrogens with one attached hydrogen (secondary N) is 1. The number of hydrogen-bond donors (Lipinski definition) is 1. The second-order valence-corrected chi connectivity index (χ2v) is 7.17. The van der Waals surface area contributed by atoms with Gasteiger partial charge in [0.2, 0.25) is 0 Å². The second-order valence-electron chi connectivity index (χ2n) is 5.74. The number of ether oxygens (including phenoxy) is 1. The van der Waals surface area contributed by atoms with Crippen LogP contribution in [0.3, 0.4) is 0 Å². The molecule has 0 spiro atoms. The van der Waals surface area contributed by atoms with Crippen LogP contribution in [0.15, 0.2) is 18.2 Å². The number of carbonyl (C=O) groups excluding carboxylic acids is 1. The van der Waals surface area contributed by atoms with Crippen LogP contribution in [0.5, 0.6) is 0 Å². The Kier molecular flexibility index (Phi) is 4.71. The number of benzene rings is 1. The third-order valence-corrected chi connectivity index (χ3v) is 5.85. The van der Waals surface area contributed by atoms with Gasteiger partial charge in [-0.2, -0.15) is 0 Å². The van der Waals surface area contributed by atoms with Crippen LogP contribution < -0.4 is 5.32 Å². The molecule has 2 aromatic rings. The number of rotatable bonds is 4. The van der Waals surface area contributed by atoms with Gasteiger partial charge in [-0.25, -0.2) is 0 Å². The highest BCUT2D eigenvalue weighted by atomic mass is 35.5. The lowest BCUT2D eigenvalue weighted by Gasteiger charge is -2.19. The summed E-state index contributed by atoms with van der Waals surface area (Å²) < 4.78 is 6.70. The number of carbonyl (C=O) groups is 1. The summed E-state index contributed by atoms with van der Waals surface area (Å²) in [6, 6.07) is 6.19. The normalized spacial score (nSPS) is 19.5. The topological polar surface area (TPSA) is 38.3 Å². The zero-order chi connectivity index (χ0) is 15.7. The molecule has 3 rings (SSSR count). The minimum atomic E-state index is -0.104. The molecular weight excluding hydrogens is 318 g/mol. The van der Waals surface area contributed by atoms with Crippen LogP contribution in [0.2, 0.25) is 5.02 Å². The molecule has 1 aromatic carbocycles. The van der Waals surface area contributed by atoms with E-state index in [1.54, 1.807) is 0 Å². The standard InChI is InChI=1S/C17H20ClNO2S/c1-3-11-6-7-12-14(9-11)22-16(15(12)18)17(20)19-10(2)13-5-4-8-21-13/h6-7,9-10,13H,3-5,8H2,1-2H3,(H,19,20)/t10-,13-/m0/s1. The molecule has 1 saturated heterocycles. The number of thiophene rings is 1. The predicted molar refractivity (Wildman–Crippen MR) is 92.1 cm³/mol. The summed E-state index contributed by atoms with van der Waals surface area (Å²) in [5, 5.41) is 4.54. The SMILES string of the molecule is CCc1ccc2c(Cl)c(C(=O)N[C@@H](C)[C@@H]3CCCO3)sc2c1. The van der Waals surface area contributed by atoms with Gasteiger partial charge in [0.1, 0.15) is 4.88 Å². The van der Waals surface area contributed by atoms with Gasteiger partial charge in [0, 0.05) is 16.7 Å². The molecule has 2 heterocycles. The maximum Gasteiger partial charge on any atom is 0.263 e. The van der Waals surface area contributed by atoms with Crippen LogP contribution >= 0.6 is 22.9 Å². The van der Waals surface area contributed by atoms with E-state index in [4.69, 9.17) is 16.3 Å². The summed E-state index contributed by atoms with van der Waals surface area (Å²) in [6.45, 7) is 4.89. The molecule has 0 bridgehead atoms. The third-order valence-electron chi connectivity index (χ3n) is 4.19. The van der Waals surface area contributed by atoms with Crippen LogP contribution in [0.1, 0.15) is 41.9 Å². The zero-order valence-electron chi connectivity index (χ0n) is 12.8. The van der Waals surface area contributed by atoms with Crippen molar-refractivity contribution in [3.8, 4) is 0 Å². The highest BCUT2D eigenvalue weighted by Gasteiger charge is 2.25. The van der Waals surface area contributed by atoms with Crippen LogP contribution in [0.25, 0.3) is 10.1 Å². The minimum Gasteiger partial charge on any atom is -0.376 e. The van der Waals surface area contributed by atoms with Gasteiger partial charge in [0.05, 0.1) is 17.2 Å². The van der Waals surface area contributed by atoms with E-state index >= 15 is 0 Å². The Bertz CT molecular complexity index is 691. The lowest BCUT2D eigenvalue weighted by molar-refractivity contribution is 0.0715. The van der Waals surface area contributed by atoms with Gasteiger partial charge in [-0.1, -0.05) is 30.7 Å². The first kappa shape index (κ1) is 15.8. The predicted octanol–water partition coefficient (Wildman–Crippen LogP) is 4.41. The molecule has 1 aliphatic rings. The molecule has 0 aliphatic carbocycles. The summed E-state index contributed by atoms with van der Waals surface area (Å²) in [5.41, 5.74) is 1.25. The molecule has 1 aliphatic heterocycles. The summed E-state index contributed by atoms with van der Waals surface area (Å²) >= 11 is 7.87. The van der Waals surface area contributed by atoms with Gasteiger partial charge in [-0.15, -0.1) is 11.3 Å². The smallest absolute Gasteiger partial charge is 0.263 e. The first-order valence-corrected chi connectivity index (χ1v) is 8.93. The van der Waals surface area contributed by atoms with Crippen molar-refractivity contribution in [2.75, 3.05) is 6.61 Å². The van der Waals surface area contributed by atoms with Crippen LogP contribution in [0.4, 0.5) is 0 Å². The number of aryl methyl sites for hydroxylation is 1. The largest absolute Gasteiger partial charge is 0.376 e. The molecule has 1 N–H and O–H groups in total. The molecular formula is C17H20ClNO2S. The van der Waals surface area contributed by atoms with Crippen molar-refractivity contribution < 1.29 is 9.53 Å². The van der Waals surface area contributed by atoms with Gasteiger partial charge < -0.3 is 10.1 Å². The Balaban J connectivity index is 1.82. The minimum absolute atomic E-state index is 0.00230. The fraction of sp³-hybridized carbons (Fsp3) is 0.471. The molecule has 0 radical (unpaired) electrons. The fourth-order valence-corrected chi connectivity index (χ4v) is 4.32. The van der Waals surface area contributed by atoms with E-state index < -0.39 is 0 Å². The number of halogens is 1. The van der Waals surface area contributed by atoms with E-state index in [9.17, 15) is 4.79 Å². The highest BCUT2D eigenvalue weighted by molar-refractivity contribution is 7.21. The Morgan fingerprint density at radius 2 is 2.36 bits per heavy atom. The van der Waals surface area contributed by atoms with Crippen LogP contribution in [-0.2, 0) is 11.2 Å². The molecule has 1 fully saturated rings. The van der Waals surface area contributed by atoms with E-state index in [0.717, 1.165) is 36.0 Å². The van der Waals surface area contributed by atoms with Crippen LogP contribution in [0, 0.1) is 0 Å². The number of fused-ring (bicyclic) bond motifs is 1. The Morgan fingerprint density at radius 3 is 3.05 bits per heavy atom. The lowest BCUT2D eigenvalue weighted by atomic mass is 10.1. The molecule has 2 atom stereocenters. The molecule has 3 nitrogen and oxygen atoms in total. The van der Waals surface area contributed by atoms with Crippen molar-refractivity contribution in [2.24, 2.45) is 0 Å². The molecule has 1 amide bonds. The molecule has 22 heavy (non-hydrogen) atoms. The summed E-state index contributed by atoms with van der Waals surface area (Å²) in [7, 11) is 0. The van der Waals surface area contributed by atoms with Gasteiger partial charge in [0.25, 0.3) is 5.91 Å². The van der Waals surface area contributed by atoms with E-state index in [-0.39, 0.29) is 18.1 Å². The van der Waals surface area contributed by atoms with E-state index in [0.29, 0.717) is 9.90 Å². The van der Waals surface area contributed by atoms with E-state index in [1.165, 1.54) is 16.9 Å². The average Bonchev–Trinajstić information content (AvgIpc) is 3.15. The first-order chi connectivity index (χ1) is 10.6. The maximum absolute atomic E-state index is 12.5. The molecule has 118 valence electrons. The highest BCUT2D eigenvalue weighted by Crippen LogP contribution is 2.36.